The number of halogens is 2. The molecule has 0 saturated carbocycles. The molecular weight excluding hydrogens is 279 g/mol. The summed E-state index contributed by atoms with van der Waals surface area (Å²) >= 11 is 5.92. The predicted octanol–water partition coefficient (Wildman–Crippen LogP) is 4.24. The number of H-pyrrole nitrogens is 1. The Morgan fingerprint density at radius 1 is 1.05 bits per heavy atom. The highest BCUT2D eigenvalue weighted by Gasteiger charge is 2.10. The zero-order valence-electron chi connectivity index (χ0n) is 10.3. The molecule has 0 amide bonds. The molecule has 1 heterocycles. The van der Waals surface area contributed by atoms with E-state index in [1.54, 1.807) is 30.3 Å². The highest BCUT2D eigenvalue weighted by molar-refractivity contribution is 6.30. The Labute approximate surface area is 119 Å². The quantitative estimate of drug-likeness (QED) is 0.741. The van der Waals surface area contributed by atoms with Gasteiger partial charge in [0.15, 0.2) is 0 Å². The van der Waals surface area contributed by atoms with E-state index in [9.17, 15) is 9.50 Å². The van der Waals surface area contributed by atoms with Crippen LogP contribution in [0.5, 0.6) is 5.75 Å². The van der Waals surface area contributed by atoms with E-state index in [0.29, 0.717) is 16.3 Å². The van der Waals surface area contributed by atoms with E-state index in [1.165, 1.54) is 18.2 Å². The normalized spacial score (nSPS) is 10.7. The highest BCUT2D eigenvalue weighted by Crippen LogP contribution is 2.32. The predicted molar refractivity (Wildman–Crippen MR) is 76.1 cm³/mol. The lowest BCUT2D eigenvalue weighted by Gasteiger charge is -2.00. The molecule has 20 heavy (non-hydrogen) atoms. The molecule has 0 aliphatic heterocycles. The molecule has 0 unspecified atom stereocenters. The molecule has 0 aliphatic carbocycles. The maximum absolute atomic E-state index is 12.9. The summed E-state index contributed by atoms with van der Waals surface area (Å²) < 4.78 is 12.9. The van der Waals surface area contributed by atoms with Crippen LogP contribution in [0, 0.1) is 5.82 Å². The molecule has 0 saturated heterocycles. The van der Waals surface area contributed by atoms with Gasteiger partial charge in [0.2, 0.25) is 0 Å². The summed E-state index contributed by atoms with van der Waals surface area (Å²) in [7, 11) is 0. The molecule has 1 aromatic heterocycles. The summed E-state index contributed by atoms with van der Waals surface area (Å²) in [6, 6.07) is 12.6. The SMILES string of the molecule is Oc1ccc(Cl)cc1-c1cc(-c2ccc(F)cc2)[nH]n1. The summed E-state index contributed by atoms with van der Waals surface area (Å²) in [6.07, 6.45) is 0. The van der Waals surface area contributed by atoms with Gasteiger partial charge in [-0.25, -0.2) is 4.39 Å². The number of aromatic amines is 1. The van der Waals surface area contributed by atoms with Crippen LogP contribution in [0.1, 0.15) is 0 Å². The number of phenols is 1. The fourth-order valence-corrected chi connectivity index (χ4v) is 2.12. The Morgan fingerprint density at radius 3 is 2.55 bits per heavy atom. The Morgan fingerprint density at radius 2 is 1.80 bits per heavy atom. The zero-order chi connectivity index (χ0) is 14.1. The van der Waals surface area contributed by atoms with Crippen LogP contribution in [0.2, 0.25) is 5.02 Å². The van der Waals surface area contributed by atoms with Crippen molar-refractivity contribution < 1.29 is 9.50 Å². The molecule has 5 heteroatoms. The minimum Gasteiger partial charge on any atom is -0.507 e. The number of phenolic OH excluding ortho intramolecular Hbond substituents is 1. The van der Waals surface area contributed by atoms with E-state index in [4.69, 9.17) is 11.6 Å². The first-order valence-corrected chi connectivity index (χ1v) is 6.31. The molecule has 0 aliphatic rings. The van der Waals surface area contributed by atoms with Crippen molar-refractivity contribution in [3.63, 3.8) is 0 Å². The minimum atomic E-state index is -0.291. The van der Waals surface area contributed by atoms with Gasteiger partial charge in [-0.2, -0.15) is 5.10 Å². The van der Waals surface area contributed by atoms with Crippen LogP contribution < -0.4 is 0 Å². The van der Waals surface area contributed by atoms with E-state index in [2.05, 4.69) is 10.2 Å². The summed E-state index contributed by atoms with van der Waals surface area (Å²) in [4.78, 5) is 0. The van der Waals surface area contributed by atoms with E-state index >= 15 is 0 Å². The van der Waals surface area contributed by atoms with Gasteiger partial charge in [-0.05, 0) is 54.1 Å². The van der Waals surface area contributed by atoms with Crippen LogP contribution in [-0.2, 0) is 0 Å². The van der Waals surface area contributed by atoms with Crippen molar-refractivity contribution in [2.24, 2.45) is 0 Å². The van der Waals surface area contributed by atoms with Gasteiger partial charge >= 0.3 is 0 Å². The third kappa shape index (κ3) is 2.38. The first kappa shape index (κ1) is 12.7. The maximum Gasteiger partial charge on any atom is 0.125 e. The van der Waals surface area contributed by atoms with Gasteiger partial charge in [-0.3, -0.25) is 5.10 Å². The van der Waals surface area contributed by atoms with Crippen LogP contribution >= 0.6 is 11.6 Å². The standard InChI is InChI=1S/C15H10ClFN2O/c16-10-3-6-15(20)12(7-10)14-8-13(18-19-14)9-1-4-11(17)5-2-9/h1-8,20H,(H,18,19). The summed E-state index contributed by atoms with van der Waals surface area (Å²) in [5, 5.41) is 17.4. The van der Waals surface area contributed by atoms with Gasteiger partial charge in [-0.15, -0.1) is 0 Å². The number of nitrogens with one attached hydrogen (secondary N) is 1. The van der Waals surface area contributed by atoms with Crippen LogP contribution in [0.3, 0.4) is 0 Å². The monoisotopic (exact) mass is 288 g/mol. The second kappa shape index (κ2) is 4.98. The summed E-state index contributed by atoms with van der Waals surface area (Å²) in [5.74, 6) is -0.187. The second-order valence-corrected chi connectivity index (χ2v) is 4.77. The summed E-state index contributed by atoms with van der Waals surface area (Å²) in [6.45, 7) is 0. The van der Waals surface area contributed by atoms with E-state index in [1.807, 2.05) is 0 Å². The van der Waals surface area contributed by atoms with E-state index in [0.717, 1.165) is 11.3 Å². The zero-order valence-corrected chi connectivity index (χ0v) is 11.0. The maximum atomic E-state index is 12.9. The van der Waals surface area contributed by atoms with Gasteiger partial charge in [0, 0.05) is 10.6 Å². The lowest BCUT2D eigenvalue weighted by molar-refractivity contribution is 0.477. The van der Waals surface area contributed by atoms with Crippen molar-refractivity contribution in [1.29, 1.82) is 0 Å². The topological polar surface area (TPSA) is 48.9 Å². The highest BCUT2D eigenvalue weighted by atomic mass is 35.5. The van der Waals surface area contributed by atoms with E-state index in [-0.39, 0.29) is 11.6 Å². The molecule has 3 aromatic rings. The van der Waals surface area contributed by atoms with Crippen molar-refractivity contribution in [2.45, 2.75) is 0 Å². The van der Waals surface area contributed by atoms with Gasteiger partial charge in [0.25, 0.3) is 0 Å². The number of hydrogen-bond acceptors (Lipinski definition) is 2. The largest absolute Gasteiger partial charge is 0.507 e. The molecule has 3 rings (SSSR count). The summed E-state index contributed by atoms with van der Waals surface area (Å²) in [5.41, 5.74) is 2.66. The first-order chi connectivity index (χ1) is 9.63. The molecule has 100 valence electrons. The van der Waals surface area contributed by atoms with Crippen molar-refractivity contribution in [3.8, 4) is 28.3 Å². The Balaban J connectivity index is 2.01. The number of nitrogens with zero attached hydrogens (tertiary/aromatic N) is 1. The lowest BCUT2D eigenvalue weighted by atomic mass is 10.1. The molecular formula is C15H10ClFN2O. The van der Waals surface area contributed by atoms with Gasteiger partial charge < -0.3 is 5.11 Å². The fourth-order valence-electron chi connectivity index (χ4n) is 1.95. The van der Waals surface area contributed by atoms with Crippen molar-refractivity contribution in [1.82, 2.24) is 10.2 Å². The van der Waals surface area contributed by atoms with Gasteiger partial charge in [0.05, 0.1) is 11.4 Å². The molecule has 2 N–H and O–H groups in total. The fraction of sp³-hybridized carbons (Fsp3) is 0. The van der Waals surface area contributed by atoms with Crippen molar-refractivity contribution >= 4 is 11.6 Å². The smallest absolute Gasteiger partial charge is 0.125 e. The molecule has 0 spiro atoms. The molecule has 2 aromatic carbocycles. The Hall–Kier alpha value is -2.33. The van der Waals surface area contributed by atoms with Crippen LogP contribution in [0.15, 0.2) is 48.5 Å². The third-order valence-corrected chi connectivity index (χ3v) is 3.20. The number of hydrogen-bond donors (Lipinski definition) is 2. The third-order valence-electron chi connectivity index (χ3n) is 2.97. The number of benzene rings is 2. The van der Waals surface area contributed by atoms with Crippen LogP contribution in [0.25, 0.3) is 22.5 Å². The van der Waals surface area contributed by atoms with Crippen LogP contribution in [-0.4, -0.2) is 15.3 Å². The average Bonchev–Trinajstić information content (AvgIpc) is 2.92. The first-order valence-electron chi connectivity index (χ1n) is 5.94. The van der Waals surface area contributed by atoms with Gasteiger partial charge in [0.1, 0.15) is 11.6 Å². The molecule has 0 radical (unpaired) electrons. The number of aromatic nitrogens is 2. The molecule has 0 bridgehead atoms. The molecule has 0 fully saturated rings. The van der Waals surface area contributed by atoms with Crippen molar-refractivity contribution in [3.05, 3.63) is 59.4 Å². The average molecular weight is 289 g/mol. The second-order valence-electron chi connectivity index (χ2n) is 4.34. The molecule has 3 nitrogen and oxygen atoms in total. The van der Waals surface area contributed by atoms with E-state index < -0.39 is 0 Å². The minimum absolute atomic E-state index is 0.103. The van der Waals surface area contributed by atoms with Crippen molar-refractivity contribution in [2.75, 3.05) is 0 Å². The molecule has 0 atom stereocenters. The number of rotatable bonds is 2. The Bertz CT molecular complexity index is 753. The lowest BCUT2D eigenvalue weighted by Crippen LogP contribution is -1.79. The van der Waals surface area contributed by atoms with Crippen LogP contribution in [0.4, 0.5) is 4.39 Å². The van der Waals surface area contributed by atoms with Gasteiger partial charge in [-0.1, -0.05) is 11.6 Å². The number of aromatic hydroxyl groups is 1. The Kier molecular flexibility index (Phi) is 3.16.